The predicted molar refractivity (Wildman–Crippen MR) is 167 cm³/mol. The Hall–Kier alpha value is -2.07. The fourth-order valence-corrected chi connectivity index (χ4v) is 7.85. The van der Waals surface area contributed by atoms with E-state index in [1.807, 2.05) is 26.0 Å². The highest BCUT2D eigenvalue weighted by atomic mass is 16.7. The van der Waals surface area contributed by atoms with E-state index in [4.69, 9.17) is 18.9 Å². The lowest BCUT2D eigenvalue weighted by atomic mass is 9.71. The number of carbonyl (C=O) groups excluding carboxylic acids is 1. The molecule has 3 N–H and O–H groups in total. The van der Waals surface area contributed by atoms with Crippen molar-refractivity contribution in [2.75, 3.05) is 6.61 Å². The number of aliphatic hydroxyl groups is 3. The summed E-state index contributed by atoms with van der Waals surface area (Å²) in [7, 11) is 0. The minimum absolute atomic E-state index is 0.109. The van der Waals surface area contributed by atoms with Crippen molar-refractivity contribution in [3.63, 3.8) is 0 Å². The molecule has 244 valence electrons. The van der Waals surface area contributed by atoms with Gasteiger partial charge < -0.3 is 34.3 Å². The van der Waals surface area contributed by atoms with Gasteiger partial charge in [0.1, 0.15) is 29.8 Å². The van der Waals surface area contributed by atoms with Crippen molar-refractivity contribution in [1.29, 1.82) is 0 Å². The normalized spacial score (nSPS) is 46.8. The third kappa shape index (κ3) is 6.58. The van der Waals surface area contributed by atoms with Gasteiger partial charge in [-0.15, -0.1) is 0 Å². The van der Waals surface area contributed by atoms with Crippen LogP contribution < -0.4 is 0 Å². The maximum absolute atomic E-state index is 14.0. The number of hydrogen-bond acceptors (Lipinski definition) is 8. The molecule has 5 unspecified atom stereocenters. The van der Waals surface area contributed by atoms with Crippen molar-refractivity contribution < 1.29 is 39.1 Å². The van der Waals surface area contributed by atoms with Crippen LogP contribution in [-0.2, 0) is 23.7 Å². The summed E-state index contributed by atoms with van der Waals surface area (Å²) in [6.45, 7) is 14.4. The summed E-state index contributed by atoms with van der Waals surface area (Å²) in [6.07, 6.45) is 10.4. The van der Waals surface area contributed by atoms with Gasteiger partial charge in [-0.3, -0.25) is 4.79 Å². The fraction of sp³-hybridized carbons (Fsp3) is 0.694. The third-order valence-electron chi connectivity index (χ3n) is 10.1. The molecule has 44 heavy (non-hydrogen) atoms. The lowest BCUT2D eigenvalue weighted by Crippen LogP contribution is -2.59. The summed E-state index contributed by atoms with van der Waals surface area (Å²) >= 11 is 0. The average Bonchev–Trinajstić information content (AvgIpc) is 3.27. The van der Waals surface area contributed by atoms with Crippen molar-refractivity contribution >= 4 is 5.97 Å². The van der Waals surface area contributed by atoms with E-state index < -0.39 is 47.7 Å². The number of allylic oxidation sites excluding steroid dienone is 5. The molecule has 8 heteroatoms. The van der Waals surface area contributed by atoms with E-state index in [0.717, 1.165) is 12.0 Å². The zero-order valence-corrected chi connectivity index (χ0v) is 27.4. The van der Waals surface area contributed by atoms with Gasteiger partial charge in [0.25, 0.3) is 0 Å². The molecule has 4 aliphatic heterocycles. The number of esters is 1. The first kappa shape index (κ1) is 33.3. The predicted octanol–water partition coefficient (Wildman–Crippen LogP) is 5.09. The van der Waals surface area contributed by atoms with Crippen LogP contribution >= 0.6 is 0 Å². The van der Waals surface area contributed by atoms with E-state index in [2.05, 4.69) is 45.9 Å². The second-order valence-corrected chi connectivity index (χ2v) is 14.4. The quantitative estimate of drug-likeness (QED) is 0.292. The molecule has 8 nitrogen and oxygen atoms in total. The highest BCUT2D eigenvalue weighted by Gasteiger charge is 2.60. The van der Waals surface area contributed by atoms with Gasteiger partial charge in [-0.2, -0.15) is 0 Å². The molecule has 0 aromatic heterocycles. The van der Waals surface area contributed by atoms with Crippen molar-refractivity contribution in [2.45, 2.75) is 129 Å². The molecule has 4 heterocycles. The molecule has 1 aliphatic carbocycles. The minimum atomic E-state index is -1.74. The molecule has 0 aromatic carbocycles. The summed E-state index contributed by atoms with van der Waals surface area (Å²) < 4.78 is 25.7. The summed E-state index contributed by atoms with van der Waals surface area (Å²) in [5.74, 6) is -2.31. The Morgan fingerprint density at radius 2 is 1.86 bits per heavy atom. The third-order valence-corrected chi connectivity index (χ3v) is 10.1. The van der Waals surface area contributed by atoms with Crippen molar-refractivity contribution in [2.24, 2.45) is 23.7 Å². The molecule has 1 spiro atoms. The molecule has 2 bridgehead atoms. The Morgan fingerprint density at radius 1 is 1.11 bits per heavy atom. The molecule has 3 saturated heterocycles. The smallest absolute Gasteiger partial charge is 0.316 e. The van der Waals surface area contributed by atoms with Gasteiger partial charge in [-0.05, 0) is 62.2 Å². The van der Waals surface area contributed by atoms with E-state index >= 15 is 0 Å². The van der Waals surface area contributed by atoms with Gasteiger partial charge in [-0.25, -0.2) is 0 Å². The van der Waals surface area contributed by atoms with E-state index in [9.17, 15) is 20.1 Å². The lowest BCUT2D eigenvalue weighted by Gasteiger charge is -2.51. The van der Waals surface area contributed by atoms with Crippen molar-refractivity contribution in [3.8, 4) is 0 Å². The van der Waals surface area contributed by atoms with Gasteiger partial charge in [0.2, 0.25) is 0 Å². The highest BCUT2D eigenvalue weighted by Crippen LogP contribution is 2.47. The SMILES string of the molecule is CC1=CC2C(=O)OC3CC(C/C=C(\C)C[C@@H](C)/C=C/C=C4/COC([C@@H]1O)[C@]42O)OC1(C3)C[C@H](O)[C@H](C)[C@@H](/C(C)=C/C(C)C)O1. The van der Waals surface area contributed by atoms with Crippen LogP contribution in [0.25, 0.3) is 0 Å². The average molecular weight is 613 g/mol. The van der Waals surface area contributed by atoms with Gasteiger partial charge in [-0.1, -0.05) is 69.7 Å². The number of carbonyl (C=O) groups is 1. The zero-order chi connectivity index (χ0) is 32.0. The fourth-order valence-electron chi connectivity index (χ4n) is 7.85. The first-order valence-electron chi connectivity index (χ1n) is 16.4. The summed E-state index contributed by atoms with van der Waals surface area (Å²) in [4.78, 5) is 14.0. The largest absolute Gasteiger partial charge is 0.462 e. The van der Waals surface area contributed by atoms with Gasteiger partial charge >= 0.3 is 5.97 Å². The second kappa shape index (κ2) is 13.0. The Bertz CT molecular complexity index is 1240. The molecule has 0 amide bonds. The van der Waals surface area contributed by atoms with E-state index in [1.54, 1.807) is 13.0 Å². The van der Waals surface area contributed by atoms with Crippen LogP contribution in [0.15, 0.2) is 58.7 Å². The van der Waals surface area contributed by atoms with E-state index in [-0.39, 0.29) is 43.5 Å². The topological polar surface area (TPSA) is 115 Å². The van der Waals surface area contributed by atoms with Crippen molar-refractivity contribution in [3.05, 3.63) is 58.7 Å². The maximum atomic E-state index is 14.0. The standard InChI is InChI=1S/C36H52O8/c1-20(2)13-24(6)32-25(7)30(37)18-35(44-32)17-28-16-27(43-35)12-11-22(4)14-21(3)9-8-10-26-19-41-33-31(38)23(5)15-29(34(39)42-28)36(26,33)40/h8-11,13,15,20-21,25,27-33,37-38,40H,12,14,16-19H2,1-7H3/b9-8+,22-11+,24-13+,26-10-/t21-,25-,27?,28?,29?,30-,31+,32+,33?,35?,36-/m0/s1. The van der Waals surface area contributed by atoms with Crippen LogP contribution in [0.5, 0.6) is 0 Å². The molecule has 3 fully saturated rings. The molecular formula is C36H52O8. The van der Waals surface area contributed by atoms with Crippen LogP contribution in [0.1, 0.15) is 80.6 Å². The number of hydrogen-bond donors (Lipinski definition) is 3. The van der Waals surface area contributed by atoms with Crippen LogP contribution in [0.2, 0.25) is 0 Å². The zero-order valence-electron chi connectivity index (χ0n) is 27.4. The highest BCUT2D eigenvalue weighted by molar-refractivity contribution is 5.78. The molecule has 5 aliphatic rings. The van der Waals surface area contributed by atoms with Crippen LogP contribution in [0, 0.1) is 23.7 Å². The van der Waals surface area contributed by atoms with Gasteiger partial charge in [0.05, 0.1) is 24.9 Å². The number of rotatable bonds is 2. The summed E-state index contributed by atoms with van der Waals surface area (Å²) in [6, 6.07) is 0. The van der Waals surface area contributed by atoms with Crippen molar-refractivity contribution in [1.82, 2.24) is 0 Å². The molecular weight excluding hydrogens is 560 g/mol. The minimum Gasteiger partial charge on any atom is -0.462 e. The molecule has 0 aromatic rings. The van der Waals surface area contributed by atoms with E-state index in [0.29, 0.717) is 29.9 Å². The first-order valence-corrected chi connectivity index (χ1v) is 16.4. The Morgan fingerprint density at radius 3 is 2.59 bits per heavy atom. The molecule has 5 rings (SSSR count). The second-order valence-electron chi connectivity index (χ2n) is 14.4. The lowest BCUT2D eigenvalue weighted by molar-refractivity contribution is -0.342. The first-order chi connectivity index (χ1) is 20.7. The Balaban J connectivity index is 1.52. The van der Waals surface area contributed by atoms with Crippen LogP contribution in [0.4, 0.5) is 0 Å². The molecule has 11 atom stereocenters. The maximum Gasteiger partial charge on any atom is 0.316 e. The molecule has 0 radical (unpaired) electrons. The molecule has 0 saturated carbocycles. The van der Waals surface area contributed by atoms with E-state index in [1.165, 1.54) is 5.57 Å². The summed E-state index contributed by atoms with van der Waals surface area (Å²) in [5.41, 5.74) is 1.64. The van der Waals surface area contributed by atoms with Gasteiger partial charge in [0, 0.05) is 25.2 Å². The Labute approximate surface area is 262 Å². The monoisotopic (exact) mass is 612 g/mol. The number of fused-ring (bicyclic) bond motifs is 2. The number of aliphatic hydroxyl groups excluding tert-OH is 2. The van der Waals surface area contributed by atoms with Crippen LogP contribution in [-0.4, -0.2) is 75.9 Å². The van der Waals surface area contributed by atoms with Crippen LogP contribution in [0.3, 0.4) is 0 Å². The Kier molecular flexibility index (Phi) is 9.82. The summed E-state index contributed by atoms with van der Waals surface area (Å²) in [5, 5.41) is 34.3. The number of ether oxygens (including phenoxy) is 4. The van der Waals surface area contributed by atoms with Gasteiger partial charge in [0.15, 0.2) is 5.79 Å².